The fourth-order valence-electron chi connectivity index (χ4n) is 2.93. The van der Waals surface area contributed by atoms with Crippen LogP contribution in [0.2, 0.25) is 15.1 Å². The van der Waals surface area contributed by atoms with Crippen LogP contribution in [-0.2, 0) is 7.05 Å². The van der Waals surface area contributed by atoms with Crippen LogP contribution in [0.15, 0.2) is 53.1 Å². The first-order chi connectivity index (χ1) is 14.3. The molecule has 0 radical (unpaired) electrons. The molecule has 0 atom stereocenters. The maximum atomic E-state index is 12.7. The van der Waals surface area contributed by atoms with Crippen molar-refractivity contribution in [2.24, 2.45) is 7.05 Å². The van der Waals surface area contributed by atoms with Crippen LogP contribution >= 0.6 is 50.7 Å². The van der Waals surface area contributed by atoms with E-state index in [0.29, 0.717) is 48.1 Å². The number of hydrogen-bond acceptors (Lipinski definition) is 4. The van der Waals surface area contributed by atoms with Gasteiger partial charge in [-0.1, -0.05) is 40.9 Å². The molecular formula is C20H13BrCl3N5O. The molecule has 4 rings (SSSR count). The lowest BCUT2D eigenvalue weighted by Crippen LogP contribution is -2.13. The number of imidazole rings is 1. The minimum absolute atomic E-state index is 0.332. The van der Waals surface area contributed by atoms with E-state index in [1.165, 1.54) is 6.20 Å². The summed E-state index contributed by atoms with van der Waals surface area (Å²) in [6.07, 6.45) is 1.52. The second-order valence-electron chi connectivity index (χ2n) is 6.36. The third-order valence-electron chi connectivity index (χ3n) is 4.35. The molecule has 0 spiro atoms. The maximum absolute atomic E-state index is 12.7. The van der Waals surface area contributed by atoms with Crippen LogP contribution in [0.3, 0.4) is 0 Å². The molecule has 2 heterocycles. The lowest BCUT2D eigenvalue weighted by atomic mass is 10.2. The van der Waals surface area contributed by atoms with Gasteiger partial charge in [-0.05, 0) is 52.3 Å². The van der Waals surface area contributed by atoms with Crippen molar-refractivity contribution in [1.82, 2.24) is 14.5 Å². The van der Waals surface area contributed by atoms with Crippen LogP contribution in [0.4, 0.5) is 17.5 Å². The molecule has 2 N–H and O–H groups in total. The van der Waals surface area contributed by atoms with Gasteiger partial charge in [-0.15, -0.1) is 0 Å². The standard InChI is InChI=1S/C20H13BrCl3N5O/c1-29-18-12(21)7-10(19(30)27-16-9-11(22)5-6-25-16)8-15(18)26-20(29)28-17-13(23)3-2-4-14(17)24/h2-9H,1H3,(H,26,28)(H,25,27,30). The highest BCUT2D eigenvalue weighted by molar-refractivity contribution is 9.10. The molecule has 30 heavy (non-hydrogen) atoms. The van der Waals surface area contributed by atoms with Gasteiger partial charge in [0.1, 0.15) is 5.82 Å². The van der Waals surface area contributed by atoms with Crippen molar-refractivity contribution in [3.8, 4) is 0 Å². The van der Waals surface area contributed by atoms with Gasteiger partial charge in [0, 0.05) is 28.3 Å². The normalized spacial score (nSPS) is 11.0. The van der Waals surface area contributed by atoms with Gasteiger partial charge in [0.2, 0.25) is 5.95 Å². The summed E-state index contributed by atoms with van der Waals surface area (Å²) in [5, 5.41) is 7.32. The van der Waals surface area contributed by atoms with Gasteiger partial charge in [-0.2, -0.15) is 0 Å². The van der Waals surface area contributed by atoms with Gasteiger partial charge in [-0.3, -0.25) is 4.79 Å². The zero-order valence-corrected chi connectivity index (χ0v) is 19.2. The second-order valence-corrected chi connectivity index (χ2v) is 8.46. The number of pyridine rings is 1. The maximum Gasteiger partial charge on any atom is 0.256 e. The molecule has 2 aromatic carbocycles. The monoisotopic (exact) mass is 523 g/mol. The van der Waals surface area contributed by atoms with Gasteiger partial charge in [0.15, 0.2) is 0 Å². The molecule has 10 heteroatoms. The fourth-order valence-corrected chi connectivity index (χ4v) is 4.30. The highest BCUT2D eigenvalue weighted by Gasteiger charge is 2.17. The molecule has 0 saturated carbocycles. The van der Waals surface area contributed by atoms with Crippen LogP contribution in [-0.4, -0.2) is 20.4 Å². The first kappa shape index (κ1) is 20.9. The predicted octanol–water partition coefficient (Wildman–Crippen LogP) is 6.69. The summed E-state index contributed by atoms with van der Waals surface area (Å²) in [5.74, 6) is 0.553. The molecule has 0 aliphatic heterocycles. The van der Waals surface area contributed by atoms with Crippen LogP contribution in [0.5, 0.6) is 0 Å². The Labute approximate surface area is 195 Å². The first-order valence-electron chi connectivity index (χ1n) is 8.63. The minimum Gasteiger partial charge on any atom is -0.323 e. The molecule has 6 nitrogen and oxygen atoms in total. The Morgan fingerprint density at radius 2 is 1.83 bits per heavy atom. The molecule has 0 saturated heterocycles. The Morgan fingerprint density at radius 3 is 2.53 bits per heavy atom. The lowest BCUT2D eigenvalue weighted by molar-refractivity contribution is 0.102. The topological polar surface area (TPSA) is 71.8 Å². The molecule has 0 unspecified atom stereocenters. The number of carbonyl (C=O) groups excluding carboxylic acids is 1. The Bertz CT molecular complexity index is 1270. The SMILES string of the molecule is Cn1c(Nc2c(Cl)cccc2Cl)nc2cc(C(=O)Nc3cc(Cl)ccn3)cc(Br)c21. The Kier molecular flexibility index (Phi) is 5.88. The number of rotatable bonds is 4. The highest BCUT2D eigenvalue weighted by atomic mass is 79.9. The predicted molar refractivity (Wildman–Crippen MR) is 125 cm³/mol. The number of carbonyl (C=O) groups is 1. The quantitative estimate of drug-likeness (QED) is 0.312. The van der Waals surface area contributed by atoms with Crippen molar-refractivity contribution in [2.75, 3.05) is 10.6 Å². The first-order valence-corrected chi connectivity index (χ1v) is 10.6. The van der Waals surface area contributed by atoms with Crippen molar-refractivity contribution in [3.05, 3.63) is 73.8 Å². The van der Waals surface area contributed by atoms with E-state index in [2.05, 4.69) is 36.5 Å². The van der Waals surface area contributed by atoms with Crippen molar-refractivity contribution in [3.63, 3.8) is 0 Å². The summed E-state index contributed by atoms with van der Waals surface area (Å²) in [4.78, 5) is 21.4. The molecule has 0 aliphatic carbocycles. The van der Waals surface area contributed by atoms with E-state index < -0.39 is 0 Å². The molecule has 4 aromatic rings. The van der Waals surface area contributed by atoms with E-state index in [1.54, 1.807) is 42.5 Å². The molecule has 0 bridgehead atoms. The van der Waals surface area contributed by atoms with E-state index in [1.807, 2.05) is 11.6 Å². The molecule has 0 fully saturated rings. The zero-order valence-electron chi connectivity index (χ0n) is 15.4. The third kappa shape index (κ3) is 4.11. The van der Waals surface area contributed by atoms with Crippen LogP contribution in [0.1, 0.15) is 10.4 Å². The van der Waals surface area contributed by atoms with E-state index in [-0.39, 0.29) is 5.91 Å². The number of hydrogen-bond donors (Lipinski definition) is 2. The zero-order chi connectivity index (χ0) is 21.4. The Balaban J connectivity index is 1.69. The van der Waals surface area contributed by atoms with Crippen molar-refractivity contribution in [1.29, 1.82) is 0 Å². The Morgan fingerprint density at radius 1 is 1.10 bits per heavy atom. The molecule has 2 aromatic heterocycles. The number of nitrogens with zero attached hydrogens (tertiary/aromatic N) is 3. The number of amides is 1. The van der Waals surface area contributed by atoms with E-state index in [0.717, 1.165) is 5.52 Å². The third-order valence-corrected chi connectivity index (χ3v) is 5.82. The number of nitrogens with one attached hydrogen (secondary N) is 2. The van der Waals surface area contributed by atoms with Gasteiger partial charge >= 0.3 is 0 Å². The largest absolute Gasteiger partial charge is 0.323 e. The lowest BCUT2D eigenvalue weighted by Gasteiger charge is -2.10. The van der Waals surface area contributed by atoms with Crippen molar-refractivity contribution in [2.45, 2.75) is 0 Å². The van der Waals surface area contributed by atoms with Crippen LogP contribution in [0.25, 0.3) is 11.0 Å². The van der Waals surface area contributed by atoms with Crippen molar-refractivity contribution >= 4 is 85.1 Å². The number of benzene rings is 2. The molecule has 1 amide bonds. The summed E-state index contributed by atoms with van der Waals surface area (Å²) in [7, 11) is 1.85. The average Bonchev–Trinajstić information content (AvgIpc) is 3.00. The van der Waals surface area contributed by atoms with Crippen LogP contribution in [0, 0.1) is 0 Å². The number of anilines is 3. The second kappa shape index (κ2) is 8.43. The summed E-state index contributed by atoms with van der Waals surface area (Å²) in [5.41, 5.74) is 2.39. The molecular weight excluding hydrogens is 513 g/mol. The van der Waals surface area contributed by atoms with E-state index in [9.17, 15) is 4.79 Å². The summed E-state index contributed by atoms with van der Waals surface area (Å²) >= 11 is 22.0. The average molecular weight is 526 g/mol. The van der Waals surface area contributed by atoms with Gasteiger partial charge < -0.3 is 15.2 Å². The number of aryl methyl sites for hydroxylation is 1. The summed E-state index contributed by atoms with van der Waals surface area (Å²) in [6.45, 7) is 0. The highest BCUT2D eigenvalue weighted by Crippen LogP contribution is 2.34. The smallest absolute Gasteiger partial charge is 0.256 e. The van der Waals surface area contributed by atoms with Gasteiger partial charge in [0.25, 0.3) is 5.91 Å². The Hall–Kier alpha value is -2.32. The van der Waals surface area contributed by atoms with Gasteiger partial charge in [0.05, 0.1) is 26.8 Å². The number of aromatic nitrogens is 3. The van der Waals surface area contributed by atoms with E-state index >= 15 is 0 Å². The number of fused-ring (bicyclic) bond motifs is 1. The fraction of sp³-hybridized carbons (Fsp3) is 0.0500. The van der Waals surface area contributed by atoms with Crippen molar-refractivity contribution < 1.29 is 4.79 Å². The number of para-hydroxylation sites is 1. The molecule has 0 aliphatic rings. The summed E-state index contributed by atoms with van der Waals surface area (Å²) in [6, 6.07) is 11.9. The van der Waals surface area contributed by atoms with Gasteiger partial charge in [-0.25, -0.2) is 9.97 Å². The minimum atomic E-state index is -0.332. The summed E-state index contributed by atoms with van der Waals surface area (Å²) < 4.78 is 2.55. The van der Waals surface area contributed by atoms with E-state index in [4.69, 9.17) is 34.8 Å². The van der Waals surface area contributed by atoms with Crippen LogP contribution < -0.4 is 10.6 Å². The molecule has 152 valence electrons. The number of halogens is 4.